The van der Waals surface area contributed by atoms with E-state index in [9.17, 15) is 23.1 Å². The zero-order valence-electron chi connectivity index (χ0n) is 15.9. The number of nitrogens with one attached hydrogen (secondary N) is 1. The molecule has 0 radical (unpaired) electrons. The number of pyridine rings is 1. The number of methoxy groups -OCH3 is 1. The summed E-state index contributed by atoms with van der Waals surface area (Å²) in [5, 5.41) is 12.3. The van der Waals surface area contributed by atoms with Crippen LogP contribution in [-0.4, -0.2) is 23.1 Å². The summed E-state index contributed by atoms with van der Waals surface area (Å²) in [6, 6.07) is 11.0. The fourth-order valence-electron chi connectivity index (χ4n) is 2.61. The summed E-state index contributed by atoms with van der Waals surface area (Å²) in [6.07, 6.45) is -3.50. The molecule has 2 aromatic carbocycles. The highest BCUT2D eigenvalue weighted by atomic mass is 19.4. The fraction of sp³-hybridized carbons (Fsp3) is 0.143. The topological polar surface area (TPSA) is 80.7 Å². The molecule has 0 saturated carbocycles. The predicted octanol–water partition coefficient (Wildman–Crippen LogP) is 5.17. The number of ether oxygens (including phenoxy) is 2. The Morgan fingerprint density at radius 3 is 2.40 bits per heavy atom. The first-order chi connectivity index (χ1) is 14.2. The van der Waals surface area contributed by atoms with Crippen LogP contribution in [0.4, 0.5) is 18.9 Å². The van der Waals surface area contributed by atoms with E-state index in [-0.39, 0.29) is 22.9 Å². The van der Waals surface area contributed by atoms with E-state index in [2.05, 4.69) is 10.3 Å². The first kappa shape index (κ1) is 21.0. The fourth-order valence-corrected chi connectivity index (χ4v) is 2.61. The molecule has 0 spiro atoms. The van der Waals surface area contributed by atoms with E-state index in [1.54, 1.807) is 24.3 Å². The van der Waals surface area contributed by atoms with Gasteiger partial charge in [-0.3, -0.25) is 4.79 Å². The molecule has 156 valence electrons. The smallest absolute Gasteiger partial charge is 0.420 e. The molecule has 9 heteroatoms. The van der Waals surface area contributed by atoms with Crippen LogP contribution in [0.5, 0.6) is 23.0 Å². The first-order valence-corrected chi connectivity index (χ1v) is 8.68. The second kappa shape index (κ2) is 8.32. The van der Waals surface area contributed by atoms with Gasteiger partial charge in [-0.2, -0.15) is 13.2 Å². The Morgan fingerprint density at radius 2 is 1.77 bits per heavy atom. The van der Waals surface area contributed by atoms with E-state index in [1.165, 1.54) is 25.4 Å². The summed E-state index contributed by atoms with van der Waals surface area (Å²) in [6.45, 7) is 1.84. The van der Waals surface area contributed by atoms with E-state index in [4.69, 9.17) is 9.47 Å². The third-order valence-electron chi connectivity index (χ3n) is 4.11. The van der Waals surface area contributed by atoms with Gasteiger partial charge in [0, 0.05) is 18.0 Å². The summed E-state index contributed by atoms with van der Waals surface area (Å²) >= 11 is 0. The van der Waals surface area contributed by atoms with E-state index in [0.29, 0.717) is 0 Å². The molecule has 3 aromatic rings. The van der Waals surface area contributed by atoms with Crippen molar-refractivity contribution in [1.29, 1.82) is 0 Å². The lowest BCUT2D eigenvalue weighted by atomic mass is 10.1. The Balaban J connectivity index is 1.89. The second-order valence-electron chi connectivity index (χ2n) is 6.29. The van der Waals surface area contributed by atoms with Crippen LogP contribution in [0.25, 0.3) is 0 Å². The summed E-state index contributed by atoms with van der Waals surface area (Å²) in [4.78, 5) is 16.1. The molecule has 1 heterocycles. The average molecular weight is 418 g/mol. The average Bonchev–Trinajstić information content (AvgIpc) is 2.70. The van der Waals surface area contributed by atoms with Crippen LogP contribution in [0.2, 0.25) is 0 Å². The lowest BCUT2D eigenvalue weighted by molar-refractivity contribution is -0.138. The van der Waals surface area contributed by atoms with E-state index in [0.717, 1.165) is 17.7 Å². The van der Waals surface area contributed by atoms with E-state index < -0.39 is 29.1 Å². The van der Waals surface area contributed by atoms with Crippen molar-refractivity contribution in [2.45, 2.75) is 13.1 Å². The second-order valence-corrected chi connectivity index (χ2v) is 6.29. The number of hydrogen-bond acceptors (Lipinski definition) is 5. The van der Waals surface area contributed by atoms with E-state index in [1.807, 2.05) is 6.92 Å². The number of aryl methyl sites for hydroxylation is 1. The molecule has 0 saturated heterocycles. The maximum absolute atomic E-state index is 13.6. The number of benzene rings is 2. The third kappa shape index (κ3) is 4.62. The standard InChI is InChI=1S/C21H17F3N2O4/c1-12-3-6-14(7-4-12)30-16-8-5-13(11-15(16)21(22,23)24)26-20(28)18-19(27)17(29-2)9-10-25-18/h3-11,27H,1-2H3,(H,26,28). The van der Waals surface area contributed by atoms with Crippen molar-refractivity contribution in [3.8, 4) is 23.0 Å². The van der Waals surface area contributed by atoms with Crippen LogP contribution in [0.3, 0.4) is 0 Å². The minimum atomic E-state index is -4.73. The van der Waals surface area contributed by atoms with Gasteiger partial charge in [0.1, 0.15) is 17.1 Å². The first-order valence-electron chi connectivity index (χ1n) is 8.68. The molecule has 0 aliphatic rings. The molecule has 0 aliphatic heterocycles. The Kier molecular flexibility index (Phi) is 5.81. The minimum absolute atomic E-state index is 0.00739. The zero-order valence-corrected chi connectivity index (χ0v) is 15.9. The van der Waals surface area contributed by atoms with Gasteiger partial charge in [0.05, 0.1) is 7.11 Å². The van der Waals surface area contributed by atoms with Gasteiger partial charge in [0.15, 0.2) is 17.2 Å². The summed E-state index contributed by atoms with van der Waals surface area (Å²) < 4.78 is 50.9. The van der Waals surface area contributed by atoms with Crippen LogP contribution in [0.15, 0.2) is 54.7 Å². The van der Waals surface area contributed by atoms with Crippen molar-refractivity contribution in [1.82, 2.24) is 4.98 Å². The molecule has 0 unspecified atom stereocenters. The number of rotatable bonds is 5. The summed E-state index contributed by atoms with van der Waals surface area (Å²) in [7, 11) is 1.29. The van der Waals surface area contributed by atoms with Crippen molar-refractivity contribution in [2.24, 2.45) is 0 Å². The van der Waals surface area contributed by atoms with Gasteiger partial charge in [-0.15, -0.1) is 0 Å². The van der Waals surface area contributed by atoms with Gasteiger partial charge >= 0.3 is 6.18 Å². The van der Waals surface area contributed by atoms with Gasteiger partial charge in [-0.25, -0.2) is 4.98 Å². The van der Waals surface area contributed by atoms with Crippen molar-refractivity contribution in [3.05, 3.63) is 71.5 Å². The molecule has 2 N–H and O–H groups in total. The largest absolute Gasteiger partial charge is 0.503 e. The Morgan fingerprint density at radius 1 is 1.07 bits per heavy atom. The van der Waals surface area contributed by atoms with Crippen LogP contribution in [0.1, 0.15) is 21.6 Å². The minimum Gasteiger partial charge on any atom is -0.503 e. The number of amides is 1. The van der Waals surface area contributed by atoms with Gasteiger partial charge in [0.25, 0.3) is 5.91 Å². The highest BCUT2D eigenvalue weighted by molar-refractivity contribution is 6.05. The quantitative estimate of drug-likeness (QED) is 0.598. The van der Waals surface area contributed by atoms with Gasteiger partial charge < -0.3 is 19.9 Å². The number of carbonyl (C=O) groups excluding carboxylic acids is 1. The summed E-state index contributed by atoms with van der Waals surface area (Å²) in [5.41, 5.74) is -0.662. The van der Waals surface area contributed by atoms with E-state index >= 15 is 0 Å². The van der Waals surface area contributed by atoms with Gasteiger partial charge in [-0.05, 0) is 37.3 Å². The number of anilines is 1. The Labute approximate surface area is 169 Å². The molecular weight excluding hydrogens is 401 g/mol. The molecule has 1 amide bonds. The molecule has 30 heavy (non-hydrogen) atoms. The Hall–Kier alpha value is -3.75. The number of aromatic nitrogens is 1. The third-order valence-corrected chi connectivity index (χ3v) is 4.11. The molecule has 1 aromatic heterocycles. The highest BCUT2D eigenvalue weighted by Crippen LogP contribution is 2.40. The van der Waals surface area contributed by atoms with Crippen LogP contribution < -0.4 is 14.8 Å². The lowest BCUT2D eigenvalue weighted by Crippen LogP contribution is -2.15. The predicted molar refractivity (Wildman–Crippen MR) is 103 cm³/mol. The molecule has 6 nitrogen and oxygen atoms in total. The van der Waals surface area contributed by atoms with Gasteiger partial charge in [0.2, 0.25) is 0 Å². The van der Waals surface area contributed by atoms with Crippen molar-refractivity contribution >= 4 is 11.6 Å². The lowest BCUT2D eigenvalue weighted by Gasteiger charge is -2.16. The monoisotopic (exact) mass is 418 g/mol. The van der Waals surface area contributed by atoms with Gasteiger partial charge in [-0.1, -0.05) is 17.7 Å². The molecular formula is C21H17F3N2O4. The van der Waals surface area contributed by atoms with Crippen LogP contribution in [-0.2, 0) is 6.18 Å². The Bertz CT molecular complexity index is 1070. The molecule has 0 fully saturated rings. The van der Waals surface area contributed by atoms with Crippen molar-refractivity contribution in [2.75, 3.05) is 12.4 Å². The number of hydrogen-bond donors (Lipinski definition) is 2. The maximum Gasteiger partial charge on any atom is 0.420 e. The SMILES string of the molecule is COc1ccnc(C(=O)Nc2ccc(Oc3ccc(C)cc3)c(C(F)(F)F)c2)c1O. The highest BCUT2D eigenvalue weighted by Gasteiger charge is 2.35. The number of halogens is 3. The van der Waals surface area contributed by atoms with Crippen LogP contribution in [0, 0.1) is 6.92 Å². The number of aromatic hydroxyl groups is 1. The van der Waals surface area contributed by atoms with Crippen LogP contribution >= 0.6 is 0 Å². The maximum atomic E-state index is 13.6. The normalized spacial score (nSPS) is 11.1. The number of alkyl halides is 3. The molecule has 0 bridgehead atoms. The summed E-state index contributed by atoms with van der Waals surface area (Å²) in [5.74, 6) is -1.58. The number of nitrogens with zero attached hydrogens (tertiary/aromatic N) is 1. The molecule has 0 atom stereocenters. The number of carbonyl (C=O) groups is 1. The van der Waals surface area contributed by atoms with Crippen molar-refractivity contribution in [3.63, 3.8) is 0 Å². The zero-order chi connectivity index (χ0) is 21.9. The van der Waals surface area contributed by atoms with Crippen molar-refractivity contribution < 1.29 is 32.5 Å². The molecule has 3 rings (SSSR count). The molecule has 0 aliphatic carbocycles.